The molecule has 0 aliphatic rings. The summed E-state index contributed by atoms with van der Waals surface area (Å²) in [4.78, 5) is 3.81. The Morgan fingerprint density at radius 1 is 1.50 bits per heavy atom. The van der Waals surface area contributed by atoms with E-state index < -0.39 is 12.2 Å². The van der Waals surface area contributed by atoms with E-state index >= 15 is 0 Å². The molecule has 2 nitrogen and oxygen atoms in total. The van der Waals surface area contributed by atoms with Gasteiger partial charge in [0.25, 0.3) is 0 Å². The van der Waals surface area contributed by atoms with E-state index in [-0.39, 0.29) is 6.42 Å². The molecule has 0 spiro atoms. The minimum atomic E-state index is -4.37. The molecule has 1 unspecified atom stereocenters. The summed E-state index contributed by atoms with van der Waals surface area (Å²) in [5.41, 5.74) is 5.43. The average Bonchev–Trinajstić information content (AvgIpc) is 2.07. The maximum Gasteiger partial charge on any atom is 0.403 e. The van der Waals surface area contributed by atoms with E-state index in [1.54, 1.807) is 12.1 Å². The Bertz CT molecular complexity index is 314. The summed E-state index contributed by atoms with van der Waals surface area (Å²) in [6.07, 6.45) is -3.14. The van der Waals surface area contributed by atoms with Gasteiger partial charge in [0.2, 0.25) is 0 Å². The molecule has 1 aromatic heterocycles. The van der Waals surface area contributed by atoms with Crippen molar-refractivity contribution in [2.75, 3.05) is 0 Å². The average molecular weight is 269 g/mol. The van der Waals surface area contributed by atoms with Crippen molar-refractivity contribution in [2.24, 2.45) is 5.73 Å². The van der Waals surface area contributed by atoms with Crippen molar-refractivity contribution in [3.8, 4) is 0 Å². The molecule has 0 saturated carbocycles. The number of nitrogens with zero attached hydrogens (tertiary/aromatic N) is 1. The van der Waals surface area contributed by atoms with Gasteiger partial charge in [-0.05, 0) is 34.0 Å². The lowest BCUT2D eigenvalue weighted by atomic mass is 10.1. The highest BCUT2D eigenvalue weighted by Crippen LogP contribution is 2.23. The lowest BCUT2D eigenvalue weighted by Gasteiger charge is -2.15. The summed E-state index contributed by atoms with van der Waals surface area (Å²) in [7, 11) is 0. The Morgan fingerprint density at radius 3 is 2.64 bits per heavy atom. The van der Waals surface area contributed by atoms with Crippen molar-refractivity contribution >= 4 is 15.9 Å². The van der Waals surface area contributed by atoms with Gasteiger partial charge in [-0.2, -0.15) is 13.2 Å². The molecule has 1 atom stereocenters. The van der Waals surface area contributed by atoms with Crippen molar-refractivity contribution in [1.82, 2.24) is 4.98 Å². The van der Waals surface area contributed by atoms with Crippen LogP contribution in [-0.2, 0) is 6.42 Å². The minimum absolute atomic E-state index is 0.266. The van der Waals surface area contributed by atoms with Gasteiger partial charge >= 0.3 is 6.18 Å². The number of pyridine rings is 1. The quantitative estimate of drug-likeness (QED) is 0.836. The van der Waals surface area contributed by atoms with Gasteiger partial charge in [0.15, 0.2) is 0 Å². The number of nitrogens with two attached hydrogens (primary N) is 1. The van der Waals surface area contributed by atoms with Gasteiger partial charge in [0.05, 0.1) is 0 Å². The molecule has 14 heavy (non-hydrogen) atoms. The Hall–Kier alpha value is -0.620. The molecule has 1 aromatic rings. The van der Waals surface area contributed by atoms with Crippen molar-refractivity contribution in [1.29, 1.82) is 0 Å². The van der Waals surface area contributed by atoms with Crippen LogP contribution in [0.4, 0.5) is 13.2 Å². The second-order valence-corrected chi connectivity index (χ2v) is 3.56. The minimum Gasteiger partial charge on any atom is -0.320 e. The third kappa shape index (κ3) is 2.95. The normalized spacial score (nSPS) is 14.1. The van der Waals surface area contributed by atoms with E-state index in [0.29, 0.717) is 10.2 Å². The van der Waals surface area contributed by atoms with Crippen LogP contribution in [0.3, 0.4) is 0 Å². The van der Waals surface area contributed by atoms with Crippen LogP contribution >= 0.6 is 15.9 Å². The fraction of sp³-hybridized carbons (Fsp3) is 0.375. The highest BCUT2D eigenvalue weighted by atomic mass is 79.9. The summed E-state index contributed by atoms with van der Waals surface area (Å²) >= 11 is 3.06. The predicted molar refractivity (Wildman–Crippen MR) is 49.7 cm³/mol. The molecule has 78 valence electrons. The molecule has 0 saturated heterocycles. The molecule has 0 fully saturated rings. The van der Waals surface area contributed by atoms with E-state index in [9.17, 15) is 13.2 Å². The highest BCUT2D eigenvalue weighted by molar-refractivity contribution is 9.10. The summed E-state index contributed by atoms with van der Waals surface area (Å²) in [5, 5.41) is 0. The molecule has 0 aliphatic carbocycles. The maximum atomic E-state index is 12.1. The van der Waals surface area contributed by atoms with Crippen LogP contribution in [0, 0.1) is 0 Å². The molecular formula is C8H8BrF3N2. The fourth-order valence-electron chi connectivity index (χ4n) is 0.924. The van der Waals surface area contributed by atoms with Crippen LogP contribution in [0.1, 0.15) is 5.56 Å². The van der Waals surface area contributed by atoms with Gasteiger partial charge in [-0.1, -0.05) is 6.07 Å². The predicted octanol–water partition coefficient (Wildman–Crippen LogP) is 2.28. The zero-order valence-corrected chi connectivity index (χ0v) is 8.64. The van der Waals surface area contributed by atoms with Crippen molar-refractivity contribution in [3.05, 3.63) is 28.5 Å². The first-order valence-corrected chi connectivity index (χ1v) is 4.62. The van der Waals surface area contributed by atoms with E-state index in [1.165, 1.54) is 6.20 Å². The molecule has 0 aliphatic heterocycles. The Morgan fingerprint density at radius 2 is 2.14 bits per heavy atom. The molecule has 6 heteroatoms. The van der Waals surface area contributed by atoms with Crippen molar-refractivity contribution in [2.45, 2.75) is 18.6 Å². The topological polar surface area (TPSA) is 38.9 Å². The third-order valence-electron chi connectivity index (χ3n) is 1.70. The second-order valence-electron chi connectivity index (χ2n) is 2.81. The lowest BCUT2D eigenvalue weighted by Crippen LogP contribution is -2.39. The van der Waals surface area contributed by atoms with Gasteiger partial charge in [0.1, 0.15) is 10.6 Å². The molecule has 2 N–H and O–H groups in total. The molecule has 1 rings (SSSR count). The van der Waals surface area contributed by atoms with Gasteiger partial charge in [0, 0.05) is 6.20 Å². The Labute approximate surface area is 87.4 Å². The van der Waals surface area contributed by atoms with Crippen LogP contribution in [0.5, 0.6) is 0 Å². The molecule has 0 aromatic carbocycles. The zero-order chi connectivity index (χ0) is 10.8. The molecule has 0 bridgehead atoms. The third-order valence-corrected chi connectivity index (χ3v) is 2.41. The number of alkyl halides is 3. The first-order chi connectivity index (χ1) is 6.41. The largest absolute Gasteiger partial charge is 0.403 e. The van der Waals surface area contributed by atoms with Gasteiger partial charge in [-0.15, -0.1) is 0 Å². The Balaban J connectivity index is 2.75. The number of hydrogen-bond acceptors (Lipinski definition) is 2. The van der Waals surface area contributed by atoms with Crippen LogP contribution in [0.15, 0.2) is 22.9 Å². The van der Waals surface area contributed by atoms with Gasteiger partial charge in [-0.3, -0.25) is 0 Å². The number of aromatic nitrogens is 1. The van der Waals surface area contributed by atoms with Crippen LogP contribution < -0.4 is 5.73 Å². The van der Waals surface area contributed by atoms with E-state index in [1.807, 2.05) is 0 Å². The van der Waals surface area contributed by atoms with Crippen LogP contribution in [0.25, 0.3) is 0 Å². The zero-order valence-electron chi connectivity index (χ0n) is 7.05. The second kappa shape index (κ2) is 4.27. The van der Waals surface area contributed by atoms with Crippen molar-refractivity contribution in [3.63, 3.8) is 0 Å². The number of halogens is 4. The standard InChI is InChI=1S/C8H8BrF3N2/c9-7-5(2-1-3-14-7)4-6(13)8(10,11)12/h1-3,6H,4,13H2. The first kappa shape index (κ1) is 11.5. The highest BCUT2D eigenvalue weighted by Gasteiger charge is 2.36. The molecule has 1 heterocycles. The maximum absolute atomic E-state index is 12.1. The van der Waals surface area contributed by atoms with E-state index in [0.717, 1.165) is 0 Å². The van der Waals surface area contributed by atoms with E-state index in [4.69, 9.17) is 5.73 Å². The van der Waals surface area contributed by atoms with E-state index in [2.05, 4.69) is 20.9 Å². The summed E-state index contributed by atoms with van der Waals surface area (Å²) in [6.45, 7) is 0. The molecule has 0 radical (unpaired) electrons. The molecule has 0 amide bonds. The summed E-state index contributed by atoms with van der Waals surface area (Å²) in [5.74, 6) is 0. The SMILES string of the molecule is NC(Cc1cccnc1Br)C(F)(F)F. The molecular weight excluding hydrogens is 261 g/mol. The summed E-state index contributed by atoms with van der Waals surface area (Å²) < 4.78 is 36.7. The summed E-state index contributed by atoms with van der Waals surface area (Å²) in [6, 6.07) is 1.29. The number of hydrogen-bond donors (Lipinski definition) is 1. The Kier molecular flexibility index (Phi) is 3.49. The smallest absolute Gasteiger partial charge is 0.320 e. The first-order valence-electron chi connectivity index (χ1n) is 3.83. The van der Waals surface area contributed by atoms with Crippen LogP contribution in [-0.4, -0.2) is 17.2 Å². The van der Waals surface area contributed by atoms with Crippen molar-refractivity contribution < 1.29 is 13.2 Å². The van der Waals surface area contributed by atoms with Crippen LogP contribution in [0.2, 0.25) is 0 Å². The lowest BCUT2D eigenvalue weighted by molar-refractivity contribution is -0.147. The van der Waals surface area contributed by atoms with Gasteiger partial charge < -0.3 is 5.73 Å². The fourth-order valence-corrected chi connectivity index (χ4v) is 1.34. The number of rotatable bonds is 2. The monoisotopic (exact) mass is 268 g/mol. The van der Waals surface area contributed by atoms with Gasteiger partial charge in [-0.25, -0.2) is 4.98 Å².